The molecule has 3 heteroatoms. The van der Waals surface area contributed by atoms with Crippen LogP contribution in [-0.2, 0) is 10.2 Å². The van der Waals surface area contributed by atoms with Gasteiger partial charge in [0.15, 0.2) is 0 Å². The largest absolute Gasteiger partial charge is 0.302 e. The molecule has 1 aliphatic carbocycles. The van der Waals surface area contributed by atoms with Crippen molar-refractivity contribution < 1.29 is 4.79 Å². The highest BCUT2D eigenvalue weighted by atomic mass is 35.5. The average Bonchev–Trinajstić information content (AvgIpc) is 2.85. The van der Waals surface area contributed by atoms with Crippen molar-refractivity contribution in [1.82, 2.24) is 0 Å². The summed E-state index contributed by atoms with van der Waals surface area (Å²) in [5.74, 6) is 0. The number of aldehydes is 1. The molecule has 68 valence electrons. The third kappa shape index (κ3) is 1.47. The molecular formula is C10H8Cl2O. The van der Waals surface area contributed by atoms with Gasteiger partial charge in [-0.2, -0.15) is 0 Å². The van der Waals surface area contributed by atoms with E-state index in [1.54, 1.807) is 12.1 Å². The van der Waals surface area contributed by atoms with E-state index in [-0.39, 0.29) is 5.41 Å². The smallest absolute Gasteiger partial charge is 0.130 e. The maximum atomic E-state index is 10.8. The lowest BCUT2D eigenvalue weighted by molar-refractivity contribution is -0.109. The van der Waals surface area contributed by atoms with Gasteiger partial charge >= 0.3 is 0 Å². The Labute approximate surface area is 86.7 Å². The monoisotopic (exact) mass is 214 g/mol. The third-order valence-corrected chi connectivity index (χ3v) is 3.03. The zero-order chi connectivity index (χ0) is 9.47. The summed E-state index contributed by atoms with van der Waals surface area (Å²) < 4.78 is 0. The Morgan fingerprint density at radius 2 is 2.00 bits per heavy atom. The van der Waals surface area contributed by atoms with Crippen LogP contribution >= 0.6 is 23.2 Å². The van der Waals surface area contributed by atoms with Crippen LogP contribution in [0.4, 0.5) is 0 Å². The summed E-state index contributed by atoms with van der Waals surface area (Å²) in [4.78, 5) is 10.8. The minimum Gasteiger partial charge on any atom is -0.302 e. The molecule has 0 unspecified atom stereocenters. The van der Waals surface area contributed by atoms with Crippen molar-refractivity contribution in [3.63, 3.8) is 0 Å². The van der Waals surface area contributed by atoms with Crippen molar-refractivity contribution in [3.05, 3.63) is 33.8 Å². The summed E-state index contributed by atoms with van der Waals surface area (Å²) in [5, 5.41) is 1.20. The lowest BCUT2D eigenvalue weighted by Gasteiger charge is -2.09. The van der Waals surface area contributed by atoms with Gasteiger partial charge in [-0.1, -0.05) is 29.3 Å². The molecule has 1 fully saturated rings. The SMILES string of the molecule is O=CC1(c2ccc(Cl)cc2Cl)CC1. The summed E-state index contributed by atoms with van der Waals surface area (Å²) in [6, 6.07) is 5.29. The molecule has 0 aliphatic heterocycles. The zero-order valence-electron chi connectivity index (χ0n) is 6.89. The Morgan fingerprint density at radius 3 is 2.46 bits per heavy atom. The van der Waals surface area contributed by atoms with Gasteiger partial charge in [-0.15, -0.1) is 0 Å². The van der Waals surface area contributed by atoms with Crippen molar-refractivity contribution in [1.29, 1.82) is 0 Å². The number of hydrogen-bond acceptors (Lipinski definition) is 1. The van der Waals surface area contributed by atoms with Crippen LogP contribution in [0.3, 0.4) is 0 Å². The van der Waals surface area contributed by atoms with Crippen LogP contribution in [0.2, 0.25) is 10.0 Å². The van der Waals surface area contributed by atoms with E-state index in [1.165, 1.54) is 0 Å². The zero-order valence-corrected chi connectivity index (χ0v) is 8.40. The van der Waals surface area contributed by atoms with E-state index in [0.29, 0.717) is 10.0 Å². The molecule has 1 saturated carbocycles. The van der Waals surface area contributed by atoms with E-state index >= 15 is 0 Å². The number of rotatable bonds is 2. The summed E-state index contributed by atoms with van der Waals surface area (Å²) >= 11 is 11.7. The first-order valence-corrected chi connectivity index (χ1v) is 4.85. The number of carbonyl (C=O) groups excluding carboxylic acids is 1. The molecule has 0 N–H and O–H groups in total. The van der Waals surface area contributed by atoms with Gasteiger partial charge in [-0.3, -0.25) is 0 Å². The molecule has 0 spiro atoms. The van der Waals surface area contributed by atoms with E-state index < -0.39 is 0 Å². The Morgan fingerprint density at radius 1 is 1.31 bits per heavy atom. The fraction of sp³-hybridized carbons (Fsp3) is 0.300. The molecule has 1 nitrogen and oxygen atoms in total. The van der Waals surface area contributed by atoms with Crippen molar-refractivity contribution in [3.8, 4) is 0 Å². The number of hydrogen-bond donors (Lipinski definition) is 0. The van der Waals surface area contributed by atoms with E-state index in [9.17, 15) is 4.79 Å². The average molecular weight is 215 g/mol. The Balaban J connectivity index is 2.47. The van der Waals surface area contributed by atoms with Crippen molar-refractivity contribution in [2.45, 2.75) is 18.3 Å². The quantitative estimate of drug-likeness (QED) is 0.692. The van der Waals surface area contributed by atoms with Gasteiger partial charge in [0.25, 0.3) is 0 Å². The molecule has 0 bridgehead atoms. The number of carbonyl (C=O) groups is 1. The second kappa shape index (κ2) is 3.00. The summed E-state index contributed by atoms with van der Waals surface area (Å²) in [5.41, 5.74) is 0.607. The van der Waals surface area contributed by atoms with Crippen molar-refractivity contribution in [2.75, 3.05) is 0 Å². The van der Waals surface area contributed by atoms with E-state index in [2.05, 4.69) is 0 Å². The van der Waals surface area contributed by atoms with Gasteiger partial charge in [-0.05, 0) is 30.5 Å². The Hall–Kier alpha value is -0.530. The first-order valence-electron chi connectivity index (χ1n) is 4.10. The second-order valence-corrected chi connectivity index (χ2v) is 4.24. The summed E-state index contributed by atoms with van der Waals surface area (Å²) in [6.45, 7) is 0. The lowest BCUT2D eigenvalue weighted by atomic mass is 9.98. The van der Waals surface area contributed by atoms with Crippen LogP contribution in [0.1, 0.15) is 18.4 Å². The first-order chi connectivity index (χ1) is 6.18. The van der Waals surface area contributed by atoms with Crippen LogP contribution in [0.15, 0.2) is 18.2 Å². The molecule has 0 heterocycles. The third-order valence-electron chi connectivity index (χ3n) is 2.48. The van der Waals surface area contributed by atoms with Crippen molar-refractivity contribution >= 4 is 29.5 Å². The van der Waals surface area contributed by atoms with Gasteiger partial charge in [0.05, 0.1) is 5.41 Å². The molecule has 0 radical (unpaired) electrons. The van der Waals surface area contributed by atoms with Gasteiger partial charge in [0.2, 0.25) is 0 Å². The van der Waals surface area contributed by atoms with Crippen LogP contribution < -0.4 is 0 Å². The van der Waals surface area contributed by atoms with Gasteiger partial charge < -0.3 is 4.79 Å². The topological polar surface area (TPSA) is 17.1 Å². The normalized spacial score (nSPS) is 18.3. The molecule has 13 heavy (non-hydrogen) atoms. The standard InChI is InChI=1S/C10H8Cl2O/c11-7-1-2-8(9(12)5-7)10(6-13)3-4-10/h1-2,5-6H,3-4H2. The maximum absolute atomic E-state index is 10.8. The van der Waals surface area contributed by atoms with Crippen LogP contribution in [-0.4, -0.2) is 6.29 Å². The predicted octanol–water partition coefficient (Wildman–Crippen LogP) is 3.22. The minimum absolute atomic E-state index is 0.304. The molecule has 2 rings (SSSR count). The first kappa shape index (κ1) is 9.04. The molecular weight excluding hydrogens is 207 g/mol. The molecule has 0 amide bonds. The van der Waals surface area contributed by atoms with Crippen LogP contribution in [0.25, 0.3) is 0 Å². The maximum Gasteiger partial charge on any atom is 0.130 e. The summed E-state index contributed by atoms with van der Waals surface area (Å²) in [6.07, 6.45) is 2.79. The van der Waals surface area contributed by atoms with E-state index in [1.807, 2.05) is 6.07 Å². The lowest BCUT2D eigenvalue weighted by Crippen LogP contribution is -2.08. The Kier molecular flexibility index (Phi) is 2.09. The van der Waals surface area contributed by atoms with Crippen LogP contribution in [0.5, 0.6) is 0 Å². The number of benzene rings is 1. The molecule has 1 aliphatic rings. The molecule has 0 aromatic heterocycles. The van der Waals surface area contributed by atoms with Crippen molar-refractivity contribution in [2.24, 2.45) is 0 Å². The Bertz CT molecular complexity index is 356. The number of halogens is 2. The van der Waals surface area contributed by atoms with E-state index in [0.717, 1.165) is 24.7 Å². The highest BCUT2D eigenvalue weighted by Gasteiger charge is 2.45. The van der Waals surface area contributed by atoms with Gasteiger partial charge in [0, 0.05) is 10.0 Å². The highest BCUT2D eigenvalue weighted by Crippen LogP contribution is 2.48. The van der Waals surface area contributed by atoms with Gasteiger partial charge in [0.1, 0.15) is 6.29 Å². The summed E-state index contributed by atoms with van der Waals surface area (Å²) in [7, 11) is 0. The fourth-order valence-corrected chi connectivity index (χ4v) is 2.08. The highest BCUT2D eigenvalue weighted by molar-refractivity contribution is 6.35. The molecule has 1 aromatic rings. The minimum atomic E-state index is -0.304. The predicted molar refractivity (Wildman–Crippen MR) is 53.4 cm³/mol. The fourth-order valence-electron chi connectivity index (χ4n) is 1.48. The molecule has 1 aromatic carbocycles. The molecule has 0 atom stereocenters. The molecule has 0 saturated heterocycles. The van der Waals surface area contributed by atoms with Crippen LogP contribution in [0, 0.1) is 0 Å². The second-order valence-electron chi connectivity index (χ2n) is 3.40. The van der Waals surface area contributed by atoms with E-state index in [4.69, 9.17) is 23.2 Å². The van der Waals surface area contributed by atoms with Gasteiger partial charge in [-0.25, -0.2) is 0 Å².